The van der Waals surface area contributed by atoms with Gasteiger partial charge in [0.05, 0.1) is 0 Å². The SMILES string of the molecule is O=S1(=O)OC(c2ccc(O)cc2)(c2ccc(O)cc2)c2ccccc21.[Na]. The summed E-state index contributed by atoms with van der Waals surface area (Å²) in [6.45, 7) is 0. The summed E-state index contributed by atoms with van der Waals surface area (Å²) in [5.41, 5.74) is 0.233. The zero-order valence-electron chi connectivity index (χ0n) is 14.0. The molecule has 0 aromatic heterocycles. The number of rotatable bonds is 2. The molecular weight excluding hydrogens is 363 g/mol. The van der Waals surface area contributed by atoms with Crippen molar-refractivity contribution in [1.82, 2.24) is 0 Å². The molecule has 2 N–H and O–H groups in total. The average Bonchev–Trinajstić information content (AvgIpc) is 2.85. The van der Waals surface area contributed by atoms with Crippen molar-refractivity contribution in [2.24, 2.45) is 0 Å². The third-order valence-electron chi connectivity index (χ3n) is 4.32. The molecule has 26 heavy (non-hydrogen) atoms. The Morgan fingerprint density at radius 3 is 1.69 bits per heavy atom. The van der Waals surface area contributed by atoms with Crippen LogP contribution in [0.4, 0.5) is 0 Å². The van der Waals surface area contributed by atoms with E-state index in [0.717, 1.165) is 0 Å². The Hall–Kier alpha value is -1.83. The van der Waals surface area contributed by atoms with Crippen LogP contribution >= 0.6 is 0 Å². The number of hydrogen-bond acceptors (Lipinski definition) is 5. The Labute approximate surface area is 173 Å². The Morgan fingerprint density at radius 1 is 0.731 bits per heavy atom. The fraction of sp³-hybridized carbons (Fsp3) is 0.0526. The van der Waals surface area contributed by atoms with Gasteiger partial charge in [0, 0.05) is 35.1 Å². The predicted molar refractivity (Wildman–Crippen MR) is 96.6 cm³/mol. The molecule has 5 nitrogen and oxygen atoms in total. The van der Waals surface area contributed by atoms with Crippen LogP contribution in [-0.4, -0.2) is 48.2 Å². The number of fused-ring (bicyclic) bond motifs is 1. The predicted octanol–water partition coefficient (Wildman–Crippen LogP) is 2.73. The van der Waals surface area contributed by atoms with Crippen molar-refractivity contribution in [2.45, 2.75) is 10.5 Å². The number of hydrogen-bond donors (Lipinski definition) is 2. The second-order valence-corrected chi connectivity index (χ2v) is 7.32. The van der Waals surface area contributed by atoms with E-state index in [1.54, 1.807) is 42.5 Å². The minimum atomic E-state index is -3.95. The second-order valence-electron chi connectivity index (χ2n) is 5.81. The van der Waals surface area contributed by atoms with Crippen LogP contribution in [0.3, 0.4) is 0 Å². The molecule has 0 bridgehead atoms. The minimum absolute atomic E-state index is 0. The normalized spacial score (nSPS) is 16.5. The number of phenols is 2. The number of benzene rings is 3. The molecule has 1 aliphatic heterocycles. The summed E-state index contributed by atoms with van der Waals surface area (Å²) in [5, 5.41) is 19.2. The van der Waals surface area contributed by atoms with E-state index in [9.17, 15) is 18.6 Å². The zero-order valence-corrected chi connectivity index (χ0v) is 16.8. The summed E-state index contributed by atoms with van der Waals surface area (Å²) in [4.78, 5) is 0.108. The Bertz CT molecular complexity index is 999. The first-order chi connectivity index (χ1) is 11.9. The molecule has 0 atom stereocenters. The molecule has 127 valence electrons. The quantitative estimate of drug-likeness (QED) is 0.530. The molecule has 1 aliphatic rings. The van der Waals surface area contributed by atoms with Gasteiger partial charge >= 0.3 is 0 Å². The van der Waals surface area contributed by atoms with Gasteiger partial charge in [0.2, 0.25) is 0 Å². The monoisotopic (exact) mass is 377 g/mol. The maximum absolute atomic E-state index is 12.6. The van der Waals surface area contributed by atoms with Gasteiger partial charge in [-0.05, 0) is 41.5 Å². The van der Waals surface area contributed by atoms with Crippen LogP contribution in [0.1, 0.15) is 16.7 Å². The van der Waals surface area contributed by atoms with Crippen LogP contribution in [-0.2, 0) is 19.9 Å². The first-order valence-corrected chi connectivity index (χ1v) is 8.98. The van der Waals surface area contributed by atoms with Crippen molar-refractivity contribution in [3.05, 3.63) is 89.5 Å². The van der Waals surface area contributed by atoms with Crippen LogP contribution in [0.15, 0.2) is 77.7 Å². The molecule has 0 saturated heterocycles. The summed E-state index contributed by atoms with van der Waals surface area (Å²) in [5.74, 6) is 0.137. The van der Waals surface area contributed by atoms with Crippen LogP contribution in [0.5, 0.6) is 11.5 Å². The van der Waals surface area contributed by atoms with Gasteiger partial charge in [-0.2, -0.15) is 8.42 Å². The molecule has 1 heterocycles. The van der Waals surface area contributed by atoms with Gasteiger partial charge in [0.25, 0.3) is 10.1 Å². The Morgan fingerprint density at radius 2 is 1.19 bits per heavy atom. The van der Waals surface area contributed by atoms with E-state index >= 15 is 0 Å². The molecule has 3 aromatic carbocycles. The Balaban J connectivity index is 0.00000196. The molecule has 1 radical (unpaired) electrons. The summed E-state index contributed by atoms with van der Waals surface area (Å²) >= 11 is 0. The van der Waals surface area contributed by atoms with Crippen molar-refractivity contribution in [1.29, 1.82) is 0 Å². The van der Waals surface area contributed by atoms with Crippen LogP contribution in [0, 0.1) is 0 Å². The van der Waals surface area contributed by atoms with Gasteiger partial charge in [0.15, 0.2) is 5.60 Å². The molecule has 3 aromatic rings. The molecule has 0 saturated carbocycles. The third kappa shape index (κ3) is 2.84. The first kappa shape index (κ1) is 18.9. The largest absolute Gasteiger partial charge is 0.508 e. The second kappa shape index (κ2) is 6.72. The number of phenolic OH excluding ortho intramolecular Hbond substituents is 2. The van der Waals surface area contributed by atoms with Gasteiger partial charge in [0.1, 0.15) is 16.4 Å². The zero-order chi connectivity index (χ0) is 17.7. The van der Waals surface area contributed by atoms with E-state index in [0.29, 0.717) is 16.7 Å². The first-order valence-electron chi connectivity index (χ1n) is 7.58. The van der Waals surface area contributed by atoms with Crippen molar-refractivity contribution >= 4 is 39.7 Å². The maximum atomic E-state index is 12.6. The van der Waals surface area contributed by atoms with E-state index in [2.05, 4.69) is 0 Å². The smallest absolute Gasteiger partial charge is 0.298 e. The minimum Gasteiger partial charge on any atom is -0.508 e. The van der Waals surface area contributed by atoms with Gasteiger partial charge in [-0.15, -0.1) is 0 Å². The van der Waals surface area contributed by atoms with Crippen molar-refractivity contribution < 1.29 is 22.8 Å². The summed E-state index contributed by atoms with van der Waals surface area (Å²) in [6, 6.07) is 19.0. The molecule has 0 fully saturated rings. The molecule has 7 heteroatoms. The van der Waals surface area contributed by atoms with Gasteiger partial charge < -0.3 is 10.2 Å². The fourth-order valence-electron chi connectivity index (χ4n) is 3.20. The van der Waals surface area contributed by atoms with E-state index in [-0.39, 0.29) is 46.0 Å². The van der Waals surface area contributed by atoms with E-state index < -0.39 is 15.7 Å². The standard InChI is InChI=1S/C19H14O5S.Na/c20-15-9-5-13(6-10-15)19(14-7-11-16(21)12-8-14)17-3-1-2-4-18(17)25(22,23)24-19;/h1-12,20-21H;. The third-order valence-corrected chi connectivity index (χ3v) is 5.68. The van der Waals surface area contributed by atoms with Gasteiger partial charge in [-0.1, -0.05) is 42.5 Å². The maximum Gasteiger partial charge on any atom is 0.298 e. The van der Waals surface area contributed by atoms with E-state index in [1.165, 1.54) is 30.3 Å². The van der Waals surface area contributed by atoms with Gasteiger partial charge in [-0.25, -0.2) is 4.18 Å². The van der Waals surface area contributed by atoms with Crippen LogP contribution in [0.2, 0.25) is 0 Å². The van der Waals surface area contributed by atoms with E-state index in [4.69, 9.17) is 4.18 Å². The summed E-state index contributed by atoms with van der Waals surface area (Å²) < 4.78 is 30.9. The van der Waals surface area contributed by atoms with Crippen molar-refractivity contribution in [3.8, 4) is 11.5 Å². The molecule has 0 spiro atoms. The molecule has 0 aliphatic carbocycles. The van der Waals surface area contributed by atoms with Crippen molar-refractivity contribution in [3.63, 3.8) is 0 Å². The molecular formula is C19H14NaO5S. The molecule has 0 unspecified atom stereocenters. The van der Waals surface area contributed by atoms with Crippen LogP contribution in [0.25, 0.3) is 0 Å². The van der Waals surface area contributed by atoms with Gasteiger partial charge in [-0.3, -0.25) is 0 Å². The van der Waals surface area contributed by atoms with E-state index in [1.807, 2.05) is 0 Å². The topological polar surface area (TPSA) is 83.8 Å². The van der Waals surface area contributed by atoms with Crippen LogP contribution < -0.4 is 0 Å². The number of aromatic hydroxyl groups is 2. The van der Waals surface area contributed by atoms with Crippen molar-refractivity contribution in [2.75, 3.05) is 0 Å². The summed E-state index contributed by atoms with van der Waals surface area (Å²) in [6.07, 6.45) is 0. The summed E-state index contributed by atoms with van der Waals surface area (Å²) in [7, 11) is -3.95. The fourth-order valence-corrected chi connectivity index (χ4v) is 4.62. The Kier molecular flexibility index (Phi) is 4.90. The molecule has 4 rings (SSSR count). The average molecular weight is 377 g/mol. The molecule has 0 amide bonds.